The first-order valence-electron chi connectivity index (χ1n) is 7.58. The lowest BCUT2D eigenvalue weighted by Crippen LogP contribution is -2.44. The molecule has 1 aliphatic heterocycles. The Balaban J connectivity index is 2.05. The molecular formula is C16H26BrN3. The Morgan fingerprint density at radius 3 is 2.55 bits per heavy atom. The van der Waals surface area contributed by atoms with E-state index in [1.165, 1.54) is 22.1 Å². The van der Waals surface area contributed by atoms with E-state index in [0.717, 1.165) is 32.7 Å². The maximum atomic E-state index is 3.75. The van der Waals surface area contributed by atoms with Crippen LogP contribution in [0, 0.1) is 0 Å². The van der Waals surface area contributed by atoms with E-state index < -0.39 is 0 Å². The lowest BCUT2D eigenvalue weighted by Gasteiger charge is -2.34. The zero-order valence-electron chi connectivity index (χ0n) is 12.8. The van der Waals surface area contributed by atoms with Gasteiger partial charge in [-0.25, -0.2) is 0 Å². The van der Waals surface area contributed by atoms with Gasteiger partial charge in [0, 0.05) is 36.7 Å². The molecule has 3 nitrogen and oxygen atoms in total. The van der Waals surface area contributed by atoms with Crippen molar-refractivity contribution in [1.82, 2.24) is 10.2 Å². The van der Waals surface area contributed by atoms with Gasteiger partial charge >= 0.3 is 0 Å². The Morgan fingerprint density at radius 1 is 1.25 bits per heavy atom. The molecule has 1 fully saturated rings. The first-order chi connectivity index (χ1) is 9.61. The average molecular weight is 340 g/mol. The fourth-order valence-electron chi connectivity index (χ4n) is 2.57. The van der Waals surface area contributed by atoms with Crippen LogP contribution in [0.2, 0.25) is 0 Å². The SMILES string of the molecule is CCCNC(C)c1ccc(N2CCN(C)CC2)c(Br)c1. The average Bonchev–Trinajstić information content (AvgIpc) is 2.46. The van der Waals surface area contributed by atoms with Crippen molar-refractivity contribution >= 4 is 21.6 Å². The molecule has 1 heterocycles. The molecule has 1 saturated heterocycles. The van der Waals surface area contributed by atoms with E-state index in [0.29, 0.717) is 6.04 Å². The lowest BCUT2D eigenvalue weighted by atomic mass is 10.1. The number of likely N-dealkylation sites (N-methyl/N-ethyl adjacent to an activating group) is 1. The quantitative estimate of drug-likeness (QED) is 0.888. The molecular weight excluding hydrogens is 314 g/mol. The monoisotopic (exact) mass is 339 g/mol. The second-order valence-electron chi connectivity index (χ2n) is 5.68. The van der Waals surface area contributed by atoms with Crippen LogP contribution in [0.15, 0.2) is 22.7 Å². The smallest absolute Gasteiger partial charge is 0.0511 e. The normalized spacial score (nSPS) is 18.3. The fraction of sp³-hybridized carbons (Fsp3) is 0.625. The summed E-state index contributed by atoms with van der Waals surface area (Å²) >= 11 is 3.75. The third kappa shape index (κ3) is 3.96. The van der Waals surface area contributed by atoms with Gasteiger partial charge in [-0.1, -0.05) is 13.0 Å². The standard InChI is InChI=1S/C16H26BrN3/c1-4-7-18-13(2)14-5-6-16(15(17)12-14)20-10-8-19(3)9-11-20/h5-6,12-13,18H,4,7-11H2,1-3H3. The molecule has 0 amide bonds. The largest absolute Gasteiger partial charge is 0.368 e. The van der Waals surface area contributed by atoms with Gasteiger partial charge in [0.25, 0.3) is 0 Å². The van der Waals surface area contributed by atoms with Crippen LogP contribution in [-0.2, 0) is 0 Å². The number of halogens is 1. The third-order valence-electron chi connectivity index (χ3n) is 4.02. The molecule has 1 unspecified atom stereocenters. The zero-order valence-corrected chi connectivity index (χ0v) is 14.4. The molecule has 1 aliphatic rings. The molecule has 20 heavy (non-hydrogen) atoms. The van der Waals surface area contributed by atoms with E-state index >= 15 is 0 Å². The Bertz CT molecular complexity index is 428. The van der Waals surface area contributed by atoms with Crippen LogP contribution in [0.3, 0.4) is 0 Å². The summed E-state index contributed by atoms with van der Waals surface area (Å²) in [6, 6.07) is 7.19. The summed E-state index contributed by atoms with van der Waals surface area (Å²) in [5.74, 6) is 0. The number of nitrogens with zero attached hydrogens (tertiary/aromatic N) is 2. The molecule has 0 radical (unpaired) electrons. The molecule has 1 N–H and O–H groups in total. The second kappa shape index (κ2) is 7.43. The number of hydrogen-bond acceptors (Lipinski definition) is 3. The van der Waals surface area contributed by atoms with Gasteiger partial charge in [-0.2, -0.15) is 0 Å². The van der Waals surface area contributed by atoms with E-state index in [9.17, 15) is 0 Å². The first-order valence-corrected chi connectivity index (χ1v) is 8.37. The number of nitrogens with one attached hydrogen (secondary N) is 1. The van der Waals surface area contributed by atoms with Crippen molar-refractivity contribution in [2.75, 3.05) is 44.7 Å². The summed E-state index contributed by atoms with van der Waals surface area (Å²) in [6.45, 7) is 10.00. The van der Waals surface area contributed by atoms with Crippen molar-refractivity contribution in [2.45, 2.75) is 26.3 Å². The summed E-state index contributed by atoms with van der Waals surface area (Å²) < 4.78 is 1.21. The van der Waals surface area contributed by atoms with Crippen LogP contribution in [0.25, 0.3) is 0 Å². The molecule has 0 spiro atoms. The van der Waals surface area contributed by atoms with E-state index in [1.807, 2.05) is 0 Å². The van der Waals surface area contributed by atoms with Crippen LogP contribution < -0.4 is 10.2 Å². The van der Waals surface area contributed by atoms with Crippen molar-refractivity contribution < 1.29 is 0 Å². The van der Waals surface area contributed by atoms with Crippen LogP contribution in [0.1, 0.15) is 31.9 Å². The number of hydrogen-bond donors (Lipinski definition) is 1. The third-order valence-corrected chi connectivity index (χ3v) is 4.65. The molecule has 2 rings (SSSR count). The molecule has 1 aromatic rings. The lowest BCUT2D eigenvalue weighted by molar-refractivity contribution is 0.312. The molecule has 0 saturated carbocycles. The van der Waals surface area contributed by atoms with Gasteiger partial charge < -0.3 is 15.1 Å². The highest BCUT2D eigenvalue weighted by atomic mass is 79.9. The Labute approximate surface area is 131 Å². The minimum atomic E-state index is 0.410. The topological polar surface area (TPSA) is 18.5 Å². The number of benzene rings is 1. The van der Waals surface area contributed by atoms with Crippen LogP contribution >= 0.6 is 15.9 Å². The zero-order chi connectivity index (χ0) is 14.5. The first kappa shape index (κ1) is 15.8. The van der Waals surface area contributed by atoms with Gasteiger partial charge in [0.05, 0.1) is 5.69 Å². The van der Waals surface area contributed by atoms with E-state index in [1.54, 1.807) is 0 Å². The fourth-order valence-corrected chi connectivity index (χ4v) is 3.22. The Kier molecular flexibility index (Phi) is 5.87. The summed E-state index contributed by atoms with van der Waals surface area (Å²) in [7, 11) is 2.19. The van der Waals surface area contributed by atoms with Crippen LogP contribution in [-0.4, -0.2) is 44.7 Å². The van der Waals surface area contributed by atoms with Crippen LogP contribution in [0.5, 0.6) is 0 Å². The van der Waals surface area contributed by atoms with Gasteiger partial charge in [-0.15, -0.1) is 0 Å². The molecule has 0 aliphatic carbocycles. The maximum absolute atomic E-state index is 3.75. The molecule has 1 atom stereocenters. The number of rotatable bonds is 5. The van der Waals surface area contributed by atoms with E-state index in [2.05, 4.69) is 70.1 Å². The van der Waals surface area contributed by atoms with Crippen molar-refractivity contribution in [3.8, 4) is 0 Å². The molecule has 1 aromatic carbocycles. The minimum Gasteiger partial charge on any atom is -0.368 e. The highest BCUT2D eigenvalue weighted by Gasteiger charge is 2.17. The predicted molar refractivity (Wildman–Crippen MR) is 90.6 cm³/mol. The number of piperazine rings is 1. The summed E-state index contributed by atoms with van der Waals surface area (Å²) in [4.78, 5) is 4.85. The van der Waals surface area contributed by atoms with Gasteiger partial charge in [0.15, 0.2) is 0 Å². The summed E-state index contributed by atoms with van der Waals surface area (Å²) in [5, 5.41) is 3.54. The van der Waals surface area contributed by atoms with E-state index in [-0.39, 0.29) is 0 Å². The summed E-state index contributed by atoms with van der Waals surface area (Å²) in [6.07, 6.45) is 1.17. The summed E-state index contributed by atoms with van der Waals surface area (Å²) in [5.41, 5.74) is 2.67. The molecule has 4 heteroatoms. The molecule has 112 valence electrons. The van der Waals surface area contributed by atoms with Gasteiger partial charge in [-0.05, 0) is 60.6 Å². The van der Waals surface area contributed by atoms with Crippen LogP contribution in [0.4, 0.5) is 5.69 Å². The van der Waals surface area contributed by atoms with Crippen molar-refractivity contribution in [2.24, 2.45) is 0 Å². The predicted octanol–water partition coefficient (Wildman–Crippen LogP) is 3.26. The van der Waals surface area contributed by atoms with Gasteiger partial charge in [0.2, 0.25) is 0 Å². The highest BCUT2D eigenvalue weighted by Crippen LogP contribution is 2.30. The van der Waals surface area contributed by atoms with Gasteiger partial charge in [-0.3, -0.25) is 0 Å². The Morgan fingerprint density at radius 2 is 1.95 bits per heavy atom. The van der Waals surface area contributed by atoms with E-state index in [4.69, 9.17) is 0 Å². The van der Waals surface area contributed by atoms with Crippen molar-refractivity contribution in [1.29, 1.82) is 0 Å². The molecule has 0 aromatic heterocycles. The molecule has 0 bridgehead atoms. The second-order valence-corrected chi connectivity index (χ2v) is 6.53. The van der Waals surface area contributed by atoms with Crippen molar-refractivity contribution in [3.05, 3.63) is 28.2 Å². The maximum Gasteiger partial charge on any atom is 0.0511 e. The highest BCUT2D eigenvalue weighted by molar-refractivity contribution is 9.10. The number of anilines is 1. The van der Waals surface area contributed by atoms with Crippen molar-refractivity contribution in [3.63, 3.8) is 0 Å². The van der Waals surface area contributed by atoms with Gasteiger partial charge in [0.1, 0.15) is 0 Å². The minimum absolute atomic E-state index is 0.410. The Hall–Kier alpha value is -0.580.